The van der Waals surface area contributed by atoms with Crippen molar-refractivity contribution in [1.82, 2.24) is 9.55 Å². The highest BCUT2D eigenvalue weighted by molar-refractivity contribution is 5.81. The molecule has 0 bridgehead atoms. The van der Waals surface area contributed by atoms with E-state index in [-0.39, 0.29) is 5.69 Å². The second kappa shape index (κ2) is 6.23. The minimum atomic E-state index is -0.453. The second-order valence-electron chi connectivity index (χ2n) is 6.91. The number of benzene rings is 3. The van der Waals surface area contributed by atoms with Crippen LogP contribution in [-0.2, 0) is 5.54 Å². The Labute approximate surface area is 152 Å². The van der Waals surface area contributed by atoms with E-state index in [9.17, 15) is 4.79 Å². The van der Waals surface area contributed by atoms with Gasteiger partial charge in [0.2, 0.25) is 0 Å². The molecule has 0 spiro atoms. The minimum absolute atomic E-state index is 0.106. The van der Waals surface area contributed by atoms with Gasteiger partial charge in [-0.25, -0.2) is 4.79 Å². The number of para-hydroxylation sites is 1. The van der Waals surface area contributed by atoms with E-state index in [0.29, 0.717) is 0 Å². The van der Waals surface area contributed by atoms with Crippen molar-refractivity contribution in [2.45, 2.75) is 19.4 Å². The largest absolute Gasteiger partial charge is 0.355 e. The Bertz CT molecular complexity index is 1090. The Morgan fingerprint density at radius 1 is 0.846 bits per heavy atom. The van der Waals surface area contributed by atoms with Crippen molar-refractivity contribution in [1.29, 1.82) is 0 Å². The van der Waals surface area contributed by atoms with Crippen molar-refractivity contribution in [3.8, 4) is 0 Å². The lowest BCUT2D eigenvalue weighted by Crippen LogP contribution is -2.35. The predicted molar refractivity (Wildman–Crippen MR) is 107 cm³/mol. The molecule has 1 heterocycles. The number of H-pyrrole nitrogens is 1. The number of rotatable bonds is 4. The maximum Gasteiger partial charge on any atom is 0.327 e. The number of imidazole rings is 1. The van der Waals surface area contributed by atoms with Crippen LogP contribution < -0.4 is 11.0 Å². The van der Waals surface area contributed by atoms with E-state index in [0.717, 1.165) is 28.0 Å². The molecule has 26 heavy (non-hydrogen) atoms. The zero-order chi connectivity index (χ0) is 18.1. The first-order chi connectivity index (χ1) is 12.6. The first-order valence-electron chi connectivity index (χ1n) is 8.68. The summed E-state index contributed by atoms with van der Waals surface area (Å²) >= 11 is 0. The molecule has 4 rings (SSSR count). The Morgan fingerprint density at radius 3 is 2.19 bits per heavy atom. The van der Waals surface area contributed by atoms with E-state index in [1.165, 1.54) is 0 Å². The standard InChI is InChI=1S/C22H21N3O/c1-22(2,16-9-5-3-6-10-16)25-20-14-13-18(15-19(20)24-21(25)26)23-17-11-7-4-8-12-17/h3-15,23H,1-2H3,(H,24,26). The Hall–Kier alpha value is -3.27. The van der Waals surface area contributed by atoms with Crippen molar-refractivity contribution in [3.63, 3.8) is 0 Å². The summed E-state index contributed by atoms with van der Waals surface area (Å²) < 4.78 is 1.82. The fraction of sp³-hybridized carbons (Fsp3) is 0.136. The van der Waals surface area contributed by atoms with Gasteiger partial charge in [-0.3, -0.25) is 4.57 Å². The van der Waals surface area contributed by atoms with Crippen LogP contribution in [0, 0.1) is 0 Å². The molecule has 0 saturated carbocycles. The molecule has 4 aromatic rings. The lowest BCUT2D eigenvalue weighted by molar-refractivity contribution is 0.436. The summed E-state index contributed by atoms with van der Waals surface area (Å²) in [5.74, 6) is 0. The lowest BCUT2D eigenvalue weighted by atomic mass is 9.94. The van der Waals surface area contributed by atoms with E-state index in [4.69, 9.17) is 0 Å². The average molecular weight is 343 g/mol. The van der Waals surface area contributed by atoms with Crippen molar-refractivity contribution < 1.29 is 0 Å². The number of hydrogen-bond acceptors (Lipinski definition) is 2. The van der Waals surface area contributed by atoms with Gasteiger partial charge in [0, 0.05) is 11.4 Å². The van der Waals surface area contributed by atoms with Crippen molar-refractivity contribution in [3.05, 3.63) is 94.9 Å². The van der Waals surface area contributed by atoms with Crippen LogP contribution in [0.3, 0.4) is 0 Å². The molecule has 0 atom stereocenters. The molecule has 0 saturated heterocycles. The normalized spacial score (nSPS) is 11.6. The number of anilines is 2. The SMILES string of the molecule is CC(C)(c1ccccc1)n1c(=O)[nH]c2cc(Nc3ccccc3)ccc21. The highest BCUT2D eigenvalue weighted by Crippen LogP contribution is 2.29. The minimum Gasteiger partial charge on any atom is -0.355 e. The average Bonchev–Trinajstić information content (AvgIpc) is 2.99. The Kier molecular flexibility index (Phi) is 3.88. The van der Waals surface area contributed by atoms with Crippen LogP contribution in [0.25, 0.3) is 11.0 Å². The fourth-order valence-electron chi connectivity index (χ4n) is 3.41. The molecule has 4 nitrogen and oxygen atoms in total. The molecule has 0 unspecified atom stereocenters. The number of nitrogens with one attached hydrogen (secondary N) is 2. The topological polar surface area (TPSA) is 49.8 Å². The molecular weight excluding hydrogens is 322 g/mol. The summed E-state index contributed by atoms with van der Waals surface area (Å²) in [5, 5.41) is 3.36. The molecule has 0 radical (unpaired) electrons. The summed E-state index contributed by atoms with van der Waals surface area (Å²) in [7, 11) is 0. The lowest BCUT2D eigenvalue weighted by Gasteiger charge is -2.27. The van der Waals surface area contributed by atoms with Gasteiger partial charge in [0.25, 0.3) is 0 Å². The zero-order valence-corrected chi connectivity index (χ0v) is 14.9. The first-order valence-corrected chi connectivity index (χ1v) is 8.68. The molecule has 2 N–H and O–H groups in total. The number of aromatic amines is 1. The molecule has 0 aliphatic rings. The molecule has 1 aromatic heterocycles. The van der Waals surface area contributed by atoms with Gasteiger partial charge in [-0.2, -0.15) is 0 Å². The zero-order valence-electron chi connectivity index (χ0n) is 14.9. The van der Waals surface area contributed by atoms with Gasteiger partial charge >= 0.3 is 5.69 Å². The maximum atomic E-state index is 12.7. The van der Waals surface area contributed by atoms with Crippen LogP contribution in [0.15, 0.2) is 83.7 Å². The number of fused-ring (bicyclic) bond motifs is 1. The predicted octanol–water partition coefficient (Wildman–Crippen LogP) is 4.86. The Morgan fingerprint density at radius 2 is 1.50 bits per heavy atom. The van der Waals surface area contributed by atoms with Crippen LogP contribution in [0.5, 0.6) is 0 Å². The molecule has 130 valence electrons. The van der Waals surface area contributed by atoms with Crippen LogP contribution >= 0.6 is 0 Å². The van der Waals surface area contributed by atoms with E-state index in [2.05, 4.69) is 36.3 Å². The summed E-state index contributed by atoms with van der Waals surface area (Å²) in [6, 6.07) is 26.0. The van der Waals surface area contributed by atoms with Crippen LogP contribution in [-0.4, -0.2) is 9.55 Å². The summed E-state index contributed by atoms with van der Waals surface area (Å²) in [4.78, 5) is 15.7. The Balaban J connectivity index is 1.78. The van der Waals surface area contributed by atoms with Crippen LogP contribution in [0.1, 0.15) is 19.4 Å². The van der Waals surface area contributed by atoms with Gasteiger partial charge in [-0.15, -0.1) is 0 Å². The van der Waals surface area contributed by atoms with Gasteiger partial charge in [0.1, 0.15) is 0 Å². The quantitative estimate of drug-likeness (QED) is 0.556. The second-order valence-corrected chi connectivity index (χ2v) is 6.91. The highest BCUT2D eigenvalue weighted by atomic mass is 16.1. The van der Waals surface area contributed by atoms with Gasteiger partial charge in [0.05, 0.1) is 16.6 Å². The smallest absolute Gasteiger partial charge is 0.327 e. The first kappa shape index (κ1) is 16.2. The summed E-state index contributed by atoms with van der Waals surface area (Å²) in [5.41, 5.74) is 4.20. The summed E-state index contributed by atoms with van der Waals surface area (Å²) in [6.45, 7) is 4.13. The van der Waals surface area contributed by atoms with Crippen molar-refractivity contribution in [2.75, 3.05) is 5.32 Å². The number of hydrogen-bond donors (Lipinski definition) is 2. The molecule has 0 aliphatic carbocycles. The van der Waals surface area contributed by atoms with Gasteiger partial charge in [-0.05, 0) is 49.7 Å². The van der Waals surface area contributed by atoms with E-state index in [1.807, 2.05) is 71.3 Å². The van der Waals surface area contributed by atoms with Crippen LogP contribution in [0.2, 0.25) is 0 Å². The number of aromatic nitrogens is 2. The van der Waals surface area contributed by atoms with Gasteiger partial charge in [-0.1, -0.05) is 48.5 Å². The molecular formula is C22H21N3O. The molecule has 0 aliphatic heterocycles. The fourth-order valence-corrected chi connectivity index (χ4v) is 3.41. The molecule has 3 aromatic carbocycles. The third-order valence-electron chi connectivity index (χ3n) is 4.78. The summed E-state index contributed by atoms with van der Waals surface area (Å²) in [6.07, 6.45) is 0. The van der Waals surface area contributed by atoms with Crippen molar-refractivity contribution in [2.24, 2.45) is 0 Å². The van der Waals surface area contributed by atoms with E-state index >= 15 is 0 Å². The third-order valence-corrected chi connectivity index (χ3v) is 4.78. The van der Waals surface area contributed by atoms with Gasteiger partial charge < -0.3 is 10.3 Å². The molecule has 4 heteroatoms. The van der Waals surface area contributed by atoms with E-state index in [1.54, 1.807) is 0 Å². The van der Waals surface area contributed by atoms with Crippen LogP contribution in [0.4, 0.5) is 11.4 Å². The van der Waals surface area contributed by atoms with Crippen molar-refractivity contribution >= 4 is 22.4 Å². The monoisotopic (exact) mass is 343 g/mol. The third kappa shape index (κ3) is 2.80. The van der Waals surface area contributed by atoms with Gasteiger partial charge in [0.15, 0.2) is 0 Å². The maximum absolute atomic E-state index is 12.7. The molecule has 0 fully saturated rings. The highest BCUT2D eigenvalue weighted by Gasteiger charge is 2.26. The number of nitrogens with zero attached hydrogens (tertiary/aromatic N) is 1. The van der Waals surface area contributed by atoms with E-state index < -0.39 is 5.54 Å². The molecule has 0 amide bonds.